The van der Waals surface area contributed by atoms with Crippen LogP contribution in [0.15, 0.2) is 30.5 Å². The molecule has 2 aromatic heterocycles. The minimum absolute atomic E-state index is 0.105. The van der Waals surface area contributed by atoms with E-state index in [0.29, 0.717) is 16.2 Å². The van der Waals surface area contributed by atoms with Crippen molar-refractivity contribution in [3.63, 3.8) is 0 Å². The normalized spacial score (nSPS) is 18.2. The third-order valence-electron chi connectivity index (χ3n) is 5.97. The summed E-state index contributed by atoms with van der Waals surface area (Å²) in [7, 11) is 0. The molecule has 33 heavy (non-hydrogen) atoms. The Balaban J connectivity index is 1.52. The summed E-state index contributed by atoms with van der Waals surface area (Å²) in [6, 6.07) is 6.13. The number of carbonyl (C=O) groups excluding carboxylic acids is 2. The van der Waals surface area contributed by atoms with E-state index in [1.54, 1.807) is 0 Å². The molecule has 8 nitrogen and oxygen atoms in total. The number of hydrogen-bond acceptors (Lipinski definition) is 5. The number of benzene rings is 1. The topological polar surface area (TPSA) is 95.7 Å². The van der Waals surface area contributed by atoms with E-state index in [9.17, 15) is 27.6 Å². The number of carboxylic acids is 1. The molecule has 1 unspecified atom stereocenters. The molecule has 0 saturated carbocycles. The van der Waals surface area contributed by atoms with Gasteiger partial charge >= 0.3 is 18.2 Å². The predicted octanol–water partition coefficient (Wildman–Crippen LogP) is 3.33. The number of rotatable bonds is 5. The second-order valence-corrected chi connectivity index (χ2v) is 9.04. The number of imide groups is 1. The van der Waals surface area contributed by atoms with Crippen LogP contribution in [0.5, 0.6) is 0 Å². The molecule has 1 N–H and O–H groups in total. The molecule has 1 atom stereocenters. The highest BCUT2D eigenvalue weighted by Gasteiger charge is 2.48. The number of carboxylic acid groups (broad SMARTS) is 1. The quantitative estimate of drug-likeness (QED) is 0.568. The molecule has 0 radical (unpaired) electrons. The van der Waals surface area contributed by atoms with Crippen LogP contribution in [-0.2, 0) is 35.3 Å². The lowest BCUT2D eigenvalue weighted by Gasteiger charge is -2.28. The fourth-order valence-corrected chi connectivity index (χ4v) is 5.29. The van der Waals surface area contributed by atoms with Crippen LogP contribution in [0.1, 0.15) is 27.6 Å². The lowest BCUT2D eigenvalue weighted by molar-refractivity contribution is -0.138. The third kappa shape index (κ3) is 3.54. The van der Waals surface area contributed by atoms with Crippen LogP contribution in [0.25, 0.3) is 10.9 Å². The molecule has 172 valence electrons. The van der Waals surface area contributed by atoms with Crippen molar-refractivity contribution in [3.8, 4) is 0 Å². The van der Waals surface area contributed by atoms with Gasteiger partial charge in [0.1, 0.15) is 6.04 Å². The van der Waals surface area contributed by atoms with Crippen molar-refractivity contribution in [2.24, 2.45) is 0 Å². The van der Waals surface area contributed by atoms with Crippen molar-refractivity contribution >= 4 is 40.1 Å². The molecule has 0 aliphatic carbocycles. The lowest BCUT2D eigenvalue weighted by Crippen LogP contribution is -2.40. The maximum Gasteiger partial charge on any atom is 0.443 e. The number of halogens is 3. The number of thiazole rings is 1. The van der Waals surface area contributed by atoms with E-state index >= 15 is 0 Å². The maximum absolute atomic E-state index is 13.0. The Kier molecular flexibility index (Phi) is 4.92. The summed E-state index contributed by atoms with van der Waals surface area (Å²) in [6.45, 7) is 0.0484. The molecule has 2 aliphatic heterocycles. The van der Waals surface area contributed by atoms with Crippen LogP contribution >= 0.6 is 11.3 Å². The number of aromatic nitrogens is 2. The molecule has 4 heterocycles. The van der Waals surface area contributed by atoms with Crippen LogP contribution in [0.3, 0.4) is 0 Å². The van der Waals surface area contributed by atoms with Crippen LogP contribution in [-0.4, -0.2) is 55.0 Å². The Labute approximate surface area is 188 Å². The summed E-state index contributed by atoms with van der Waals surface area (Å²) in [5, 5.41) is 8.87. The highest BCUT2D eigenvalue weighted by molar-refractivity contribution is 7.11. The first-order valence-corrected chi connectivity index (χ1v) is 10.9. The van der Waals surface area contributed by atoms with Crippen molar-refractivity contribution < 1.29 is 32.7 Å². The summed E-state index contributed by atoms with van der Waals surface area (Å²) < 4.78 is 40.9. The molecule has 12 heteroatoms. The summed E-state index contributed by atoms with van der Waals surface area (Å²) >= 11 is 0.572. The monoisotopic (exact) mass is 478 g/mol. The van der Waals surface area contributed by atoms with Gasteiger partial charge in [0, 0.05) is 40.6 Å². The van der Waals surface area contributed by atoms with E-state index in [1.807, 2.05) is 28.8 Å². The van der Waals surface area contributed by atoms with Crippen molar-refractivity contribution in [2.45, 2.75) is 38.1 Å². The van der Waals surface area contributed by atoms with E-state index in [2.05, 4.69) is 4.98 Å². The first-order chi connectivity index (χ1) is 15.6. The minimum Gasteiger partial charge on any atom is -0.481 e. The number of amides is 3. The van der Waals surface area contributed by atoms with Gasteiger partial charge in [-0.2, -0.15) is 13.2 Å². The van der Waals surface area contributed by atoms with Crippen molar-refractivity contribution in [3.05, 3.63) is 51.6 Å². The molecule has 1 saturated heterocycles. The zero-order valence-electron chi connectivity index (χ0n) is 17.0. The number of aliphatic carboxylic acids is 1. The van der Waals surface area contributed by atoms with Gasteiger partial charge in [0.25, 0.3) is 5.91 Å². The Morgan fingerprint density at radius 3 is 2.70 bits per heavy atom. The Morgan fingerprint density at radius 2 is 2.00 bits per heavy atom. The van der Waals surface area contributed by atoms with E-state index in [-0.39, 0.29) is 32.5 Å². The van der Waals surface area contributed by atoms with Gasteiger partial charge in [-0.05, 0) is 11.6 Å². The Hall–Kier alpha value is -3.41. The maximum atomic E-state index is 13.0. The molecular weight excluding hydrogens is 461 g/mol. The number of carbonyl (C=O) groups is 3. The summed E-state index contributed by atoms with van der Waals surface area (Å²) in [5.74, 6) is -1.54. The standard InChI is InChI=1S/C21H17F3N4O4S/c22-21(23,24)19-25-8-11(33-19)9-27-14-4-2-1-3-12(14)13-7-15-18(31)26(6-5-17(29)30)20(32)28(15)10-16(13)27/h1-4,8,15H,5-7,9-10H2,(H,29,30). The van der Waals surface area contributed by atoms with Crippen LogP contribution in [0.4, 0.5) is 18.0 Å². The number of hydrogen-bond donors (Lipinski definition) is 1. The van der Waals surface area contributed by atoms with Gasteiger partial charge in [-0.1, -0.05) is 18.2 Å². The minimum atomic E-state index is -4.52. The third-order valence-corrected chi connectivity index (χ3v) is 7.00. The van der Waals surface area contributed by atoms with Crippen molar-refractivity contribution in [1.82, 2.24) is 19.4 Å². The summed E-state index contributed by atoms with van der Waals surface area (Å²) in [4.78, 5) is 42.9. The largest absolute Gasteiger partial charge is 0.481 e. The number of alkyl halides is 3. The summed E-state index contributed by atoms with van der Waals surface area (Å²) in [5.41, 5.74) is 2.41. The van der Waals surface area contributed by atoms with Gasteiger partial charge in [-0.3, -0.25) is 14.5 Å². The first kappa shape index (κ1) is 21.4. The van der Waals surface area contributed by atoms with Crippen LogP contribution in [0.2, 0.25) is 0 Å². The molecule has 0 spiro atoms. The predicted molar refractivity (Wildman–Crippen MR) is 111 cm³/mol. The van der Waals surface area contributed by atoms with Crippen molar-refractivity contribution in [2.75, 3.05) is 6.54 Å². The molecule has 2 aliphatic rings. The number of para-hydroxylation sites is 1. The second kappa shape index (κ2) is 7.58. The van der Waals surface area contributed by atoms with Crippen LogP contribution in [0, 0.1) is 0 Å². The molecule has 1 aromatic carbocycles. The molecule has 5 rings (SSSR count). The Bertz CT molecular complexity index is 1300. The molecular formula is C21H17F3N4O4S. The number of nitrogens with zero attached hydrogens (tertiary/aromatic N) is 4. The van der Waals surface area contributed by atoms with E-state index in [0.717, 1.165) is 27.1 Å². The number of urea groups is 1. The van der Waals surface area contributed by atoms with Gasteiger partial charge in [0.2, 0.25) is 0 Å². The van der Waals surface area contributed by atoms with Gasteiger partial charge in [0.05, 0.1) is 19.5 Å². The lowest BCUT2D eigenvalue weighted by atomic mass is 9.97. The SMILES string of the molecule is O=C(O)CCN1C(=O)C2Cc3c(n(Cc4cnc(C(F)(F)F)s4)c4ccccc34)CN2C1=O. The van der Waals surface area contributed by atoms with Gasteiger partial charge in [-0.15, -0.1) is 11.3 Å². The van der Waals surface area contributed by atoms with E-state index in [1.165, 1.54) is 11.1 Å². The molecule has 0 bridgehead atoms. The van der Waals surface area contributed by atoms with E-state index in [4.69, 9.17) is 5.11 Å². The molecule has 3 amide bonds. The molecule has 3 aromatic rings. The first-order valence-electron chi connectivity index (χ1n) is 10.1. The zero-order valence-corrected chi connectivity index (χ0v) is 17.8. The summed E-state index contributed by atoms with van der Waals surface area (Å²) in [6.07, 6.45) is -3.39. The second-order valence-electron chi connectivity index (χ2n) is 7.92. The fourth-order valence-electron chi connectivity index (χ4n) is 4.52. The average molecular weight is 478 g/mol. The van der Waals surface area contributed by atoms with Gasteiger partial charge < -0.3 is 14.6 Å². The van der Waals surface area contributed by atoms with E-state index < -0.39 is 35.1 Å². The van der Waals surface area contributed by atoms with Crippen LogP contribution < -0.4 is 0 Å². The highest BCUT2D eigenvalue weighted by Crippen LogP contribution is 2.38. The molecule has 1 fully saturated rings. The van der Waals surface area contributed by atoms with Gasteiger partial charge in [-0.25, -0.2) is 9.78 Å². The average Bonchev–Trinajstić information content (AvgIpc) is 3.42. The zero-order chi connectivity index (χ0) is 23.5. The fraction of sp³-hybridized carbons (Fsp3) is 0.333. The number of fused-ring (bicyclic) bond motifs is 4. The van der Waals surface area contributed by atoms with Gasteiger partial charge in [0.15, 0.2) is 5.01 Å². The highest BCUT2D eigenvalue weighted by atomic mass is 32.1. The smallest absolute Gasteiger partial charge is 0.443 e. The Morgan fingerprint density at radius 1 is 1.24 bits per heavy atom. The van der Waals surface area contributed by atoms with Crippen molar-refractivity contribution in [1.29, 1.82) is 0 Å².